The molecular formula is C19H24N2O3. The fraction of sp³-hybridized carbons (Fsp3) is 0.316. The van der Waals surface area contributed by atoms with Crippen molar-refractivity contribution in [3.05, 3.63) is 54.1 Å². The molecule has 128 valence electrons. The van der Waals surface area contributed by atoms with Crippen molar-refractivity contribution in [2.24, 2.45) is 5.73 Å². The Hall–Kier alpha value is -2.53. The second kappa shape index (κ2) is 8.93. The van der Waals surface area contributed by atoms with Crippen LogP contribution >= 0.6 is 0 Å². The van der Waals surface area contributed by atoms with E-state index in [9.17, 15) is 4.79 Å². The third kappa shape index (κ3) is 4.99. The Bertz CT molecular complexity index is 656. The lowest BCUT2D eigenvalue weighted by Gasteiger charge is -2.18. The van der Waals surface area contributed by atoms with E-state index in [1.54, 1.807) is 24.3 Å². The van der Waals surface area contributed by atoms with Gasteiger partial charge in [0.05, 0.1) is 0 Å². The highest BCUT2D eigenvalue weighted by molar-refractivity contribution is 5.94. The van der Waals surface area contributed by atoms with Crippen LogP contribution in [-0.2, 0) is 4.79 Å². The van der Waals surface area contributed by atoms with Crippen molar-refractivity contribution in [1.29, 1.82) is 0 Å². The number of rotatable bonds is 8. The van der Waals surface area contributed by atoms with Crippen molar-refractivity contribution in [3.63, 3.8) is 0 Å². The third-order valence-electron chi connectivity index (χ3n) is 3.53. The van der Waals surface area contributed by atoms with Gasteiger partial charge < -0.3 is 20.5 Å². The summed E-state index contributed by atoms with van der Waals surface area (Å²) in [6.45, 7) is 4.81. The molecule has 3 N–H and O–H groups in total. The van der Waals surface area contributed by atoms with E-state index in [1.807, 2.05) is 38.1 Å². The van der Waals surface area contributed by atoms with Crippen LogP contribution < -0.4 is 20.5 Å². The minimum absolute atomic E-state index is 0.170. The van der Waals surface area contributed by atoms with Crippen LogP contribution in [0.3, 0.4) is 0 Å². The molecule has 0 aromatic heterocycles. The first-order chi connectivity index (χ1) is 11.6. The lowest BCUT2D eigenvalue weighted by molar-refractivity contribution is -0.122. The number of ether oxygens (including phenoxy) is 2. The van der Waals surface area contributed by atoms with Crippen LogP contribution in [0.4, 0.5) is 5.69 Å². The molecule has 0 radical (unpaired) electrons. The number of nitrogens with two attached hydrogens (primary N) is 1. The van der Waals surface area contributed by atoms with Gasteiger partial charge in [-0.05, 0) is 49.2 Å². The SMILES string of the molecule is CCC(Oc1ccccc1C)C(=O)Nc1ccc(OCCN)cc1. The van der Waals surface area contributed by atoms with E-state index >= 15 is 0 Å². The molecular weight excluding hydrogens is 304 g/mol. The summed E-state index contributed by atoms with van der Waals surface area (Å²) < 4.78 is 11.3. The summed E-state index contributed by atoms with van der Waals surface area (Å²) >= 11 is 0. The minimum atomic E-state index is -0.542. The maximum Gasteiger partial charge on any atom is 0.265 e. The number of nitrogens with one attached hydrogen (secondary N) is 1. The van der Waals surface area contributed by atoms with Gasteiger partial charge >= 0.3 is 0 Å². The molecule has 1 atom stereocenters. The van der Waals surface area contributed by atoms with E-state index < -0.39 is 6.10 Å². The van der Waals surface area contributed by atoms with Gasteiger partial charge in [0, 0.05) is 12.2 Å². The van der Waals surface area contributed by atoms with Crippen LogP contribution in [-0.4, -0.2) is 25.2 Å². The van der Waals surface area contributed by atoms with Crippen LogP contribution in [0.5, 0.6) is 11.5 Å². The molecule has 0 heterocycles. The molecule has 0 fully saturated rings. The summed E-state index contributed by atoms with van der Waals surface area (Å²) in [6.07, 6.45) is 0.0389. The van der Waals surface area contributed by atoms with E-state index in [4.69, 9.17) is 15.2 Å². The summed E-state index contributed by atoms with van der Waals surface area (Å²) in [5.74, 6) is 1.28. The Morgan fingerprint density at radius 3 is 2.50 bits per heavy atom. The van der Waals surface area contributed by atoms with Crippen molar-refractivity contribution in [3.8, 4) is 11.5 Å². The number of anilines is 1. The highest BCUT2D eigenvalue weighted by Gasteiger charge is 2.19. The van der Waals surface area contributed by atoms with Crippen molar-refractivity contribution >= 4 is 11.6 Å². The van der Waals surface area contributed by atoms with Crippen molar-refractivity contribution < 1.29 is 14.3 Å². The standard InChI is InChI=1S/C19H24N2O3/c1-3-17(24-18-7-5-4-6-14(18)2)19(22)21-15-8-10-16(11-9-15)23-13-12-20/h4-11,17H,3,12-13,20H2,1-2H3,(H,21,22). The van der Waals surface area contributed by atoms with Crippen LogP contribution in [0.15, 0.2) is 48.5 Å². The van der Waals surface area contributed by atoms with Crippen LogP contribution in [0.2, 0.25) is 0 Å². The van der Waals surface area contributed by atoms with Crippen molar-refractivity contribution in [1.82, 2.24) is 0 Å². The predicted molar refractivity (Wildman–Crippen MR) is 95.5 cm³/mol. The fourth-order valence-corrected chi connectivity index (χ4v) is 2.20. The molecule has 2 aromatic rings. The van der Waals surface area contributed by atoms with Gasteiger partial charge in [-0.1, -0.05) is 25.1 Å². The first-order valence-corrected chi connectivity index (χ1v) is 8.10. The Morgan fingerprint density at radius 1 is 1.17 bits per heavy atom. The second-order valence-corrected chi connectivity index (χ2v) is 5.43. The highest BCUT2D eigenvalue weighted by Crippen LogP contribution is 2.20. The van der Waals surface area contributed by atoms with Crippen LogP contribution in [0.25, 0.3) is 0 Å². The number of benzene rings is 2. The molecule has 0 saturated heterocycles. The molecule has 0 spiro atoms. The number of amides is 1. The zero-order valence-electron chi connectivity index (χ0n) is 14.1. The second-order valence-electron chi connectivity index (χ2n) is 5.43. The van der Waals surface area contributed by atoms with E-state index in [1.165, 1.54) is 0 Å². The molecule has 0 aliphatic rings. The molecule has 2 aromatic carbocycles. The Balaban J connectivity index is 1.97. The largest absolute Gasteiger partial charge is 0.492 e. The van der Waals surface area contributed by atoms with Gasteiger partial charge in [-0.15, -0.1) is 0 Å². The first kappa shape index (κ1) is 17.8. The van der Waals surface area contributed by atoms with E-state index in [2.05, 4.69) is 5.32 Å². The summed E-state index contributed by atoms with van der Waals surface area (Å²) in [6, 6.07) is 14.9. The fourth-order valence-electron chi connectivity index (χ4n) is 2.20. The highest BCUT2D eigenvalue weighted by atomic mass is 16.5. The minimum Gasteiger partial charge on any atom is -0.492 e. The summed E-state index contributed by atoms with van der Waals surface area (Å²) in [5, 5.41) is 2.87. The Kier molecular flexibility index (Phi) is 6.63. The molecule has 0 bridgehead atoms. The monoisotopic (exact) mass is 328 g/mol. The molecule has 0 aliphatic heterocycles. The smallest absolute Gasteiger partial charge is 0.265 e. The number of para-hydroxylation sites is 1. The lowest BCUT2D eigenvalue weighted by atomic mass is 10.2. The number of hydrogen-bond donors (Lipinski definition) is 2. The maximum absolute atomic E-state index is 12.4. The van der Waals surface area contributed by atoms with Gasteiger partial charge in [0.2, 0.25) is 0 Å². The van der Waals surface area contributed by atoms with E-state index in [0.29, 0.717) is 25.3 Å². The van der Waals surface area contributed by atoms with E-state index in [0.717, 1.165) is 17.1 Å². The van der Waals surface area contributed by atoms with Gasteiger partial charge in [0.1, 0.15) is 18.1 Å². The molecule has 2 rings (SSSR count). The van der Waals surface area contributed by atoms with Gasteiger partial charge in [0.25, 0.3) is 5.91 Å². The molecule has 5 nitrogen and oxygen atoms in total. The topological polar surface area (TPSA) is 73.6 Å². The van der Waals surface area contributed by atoms with Gasteiger partial charge in [-0.3, -0.25) is 4.79 Å². The molecule has 0 aliphatic carbocycles. The lowest BCUT2D eigenvalue weighted by Crippen LogP contribution is -2.32. The van der Waals surface area contributed by atoms with Crippen LogP contribution in [0, 0.1) is 6.92 Å². The number of hydrogen-bond acceptors (Lipinski definition) is 4. The number of carbonyl (C=O) groups is 1. The van der Waals surface area contributed by atoms with E-state index in [-0.39, 0.29) is 5.91 Å². The van der Waals surface area contributed by atoms with Crippen LogP contribution in [0.1, 0.15) is 18.9 Å². The van der Waals surface area contributed by atoms with Crippen molar-refractivity contribution in [2.45, 2.75) is 26.4 Å². The number of carbonyl (C=O) groups excluding carboxylic acids is 1. The molecule has 24 heavy (non-hydrogen) atoms. The molecule has 0 saturated carbocycles. The normalized spacial score (nSPS) is 11.6. The number of aryl methyl sites for hydroxylation is 1. The van der Waals surface area contributed by atoms with Gasteiger partial charge in [-0.25, -0.2) is 0 Å². The summed E-state index contributed by atoms with van der Waals surface area (Å²) in [7, 11) is 0. The average molecular weight is 328 g/mol. The quantitative estimate of drug-likeness (QED) is 0.781. The third-order valence-corrected chi connectivity index (χ3v) is 3.53. The molecule has 1 amide bonds. The summed E-state index contributed by atoms with van der Waals surface area (Å²) in [4.78, 5) is 12.4. The Labute approximate surface area is 142 Å². The molecule has 1 unspecified atom stereocenters. The first-order valence-electron chi connectivity index (χ1n) is 8.10. The van der Waals surface area contributed by atoms with Gasteiger partial charge in [-0.2, -0.15) is 0 Å². The van der Waals surface area contributed by atoms with Gasteiger partial charge in [0.15, 0.2) is 6.10 Å². The zero-order chi connectivity index (χ0) is 17.4. The zero-order valence-corrected chi connectivity index (χ0v) is 14.1. The summed E-state index contributed by atoms with van der Waals surface area (Å²) in [5.41, 5.74) is 7.10. The predicted octanol–water partition coefficient (Wildman–Crippen LogP) is 3.13. The molecule has 5 heteroatoms. The van der Waals surface area contributed by atoms with Crippen molar-refractivity contribution in [2.75, 3.05) is 18.5 Å². The Morgan fingerprint density at radius 2 is 1.88 bits per heavy atom. The maximum atomic E-state index is 12.4. The average Bonchev–Trinajstić information content (AvgIpc) is 2.60.